The molecule has 1 unspecified atom stereocenters. The molecule has 1 aliphatic carbocycles. The van der Waals surface area contributed by atoms with E-state index in [0.29, 0.717) is 12.5 Å². The molecule has 1 saturated heterocycles. The zero-order chi connectivity index (χ0) is 18.7. The fourth-order valence-corrected chi connectivity index (χ4v) is 4.14. The first-order chi connectivity index (χ1) is 12.5. The number of rotatable bonds is 4. The van der Waals surface area contributed by atoms with E-state index in [-0.39, 0.29) is 35.9 Å². The monoisotopic (exact) mass is 488 g/mol. The van der Waals surface area contributed by atoms with Gasteiger partial charge in [-0.3, -0.25) is 14.5 Å². The lowest BCUT2D eigenvalue weighted by Crippen LogP contribution is -2.45. The molecule has 152 valence electrons. The quantitative estimate of drug-likeness (QED) is 0.387. The maximum Gasteiger partial charge on any atom is 0.225 e. The summed E-state index contributed by atoms with van der Waals surface area (Å²) < 4.78 is 1.91. The average Bonchev–Trinajstić information content (AvgIpc) is 3.35. The summed E-state index contributed by atoms with van der Waals surface area (Å²) in [5.41, 5.74) is 3.42. The van der Waals surface area contributed by atoms with Gasteiger partial charge in [-0.1, -0.05) is 12.8 Å². The summed E-state index contributed by atoms with van der Waals surface area (Å²) in [5, 5.41) is 11.3. The van der Waals surface area contributed by atoms with E-state index in [2.05, 4.69) is 27.6 Å². The van der Waals surface area contributed by atoms with Crippen LogP contribution in [-0.2, 0) is 18.4 Å². The number of aliphatic imine (C=N–C) groups is 1. The van der Waals surface area contributed by atoms with Gasteiger partial charge in [0.2, 0.25) is 5.91 Å². The predicted octanol–water partition coefficient (Wildman–Crippen LogP) is 2.11. The first-order valence-corrected chi connectivity index (χ1v) is 9.74. The number of amides is 1. The average molecular weight is 488 g/mol. The van der Waals surface area contributed by atoms with E-state index < -0.39 is 0 Å². The molecule has 7 nitrogen and oxygen atoms in total. The van der Waals surface area contributed by atoms with E-state index in [1.165, 1.54) is 24.1 Å². The van der Waals surface area contributed by atoms with Crippen molar-refractivity contribution >= 4 is 35.8 Å². The summed E-state index contributed by atoms with van der Waals surface area (Å²) >= 11 is 0. The molecule has 8 heteroatoms. The molecule has 0 radical (unpaired) electrons. The highest BCUT2D eigenvalue weighted by Gasteiger charge is 2.32. The van der Waals surface area contributed by atoms with Crippen molar-refractivity contribution in [3.63, 3.8) is 0 Å². The molecule has 1 aromatic heterocycles. The van der Waals surface area contributed by atoms with E-state index >= 15 is 0 Å². The lowest BCUT2D eigenvalue weighted by molar-refractivity contribution is -0.134. The molecule has 1 atom stereocenters. The highest BCUT2D eigenvalue weighted by Crippen LogP contribution is 2.27. The second kappa shape index (κ2) is 9.75. The highest BCUT2D eigenvalue weighted by atomic mass is 127. The fourth-order valence-electron chi connectivity index (χ4n) is 4.14. The maximum absolute atomic E-state index is 12.6. The SMILES string of the molecule is CN=C(NCc1c(C)nn(C)c1C)NC1CCN(C(=O)C2CCCC2)C1.I. The van der Waals surface area contributed by atoms with Gasteiger partial charge in [0.15, 0.2) is 5.96 Å². The van der Waals surface area contributed by atoms with Crippen molar-refractivity contribution in [3.05, 3.63) is 17.0 Å². The van der Waals surface area contributed by atoms with Crippen LogP contribution in [0.1, 0.15) is 49.1 Å². The first-order valence-electron chi connectivity index (χ1n) is 9.74. The van der Waals surface area contributed by atoms with Crippen LogP contribution in [0.15, 0.2) is 4.99 Å². The molecular weight excluding hydrogens is 455 g/mol. The Balaban J connectivity index is 0.00000261. The number of hydrogen-bond donors (Lipinski definition) is 2. The number of nitrogens with one attached hydrogen (secondary N) is 2. The van der Waals surface area contributed by atoms with Crippen molar-refractivity contribution < 1.29 is 4.79 Å². The van der Waals surface area contributed by atoms with Gasteiger partial charge in [0.25, 0.3) is 0 Å². The summed E-state index contributed by atoms with van der Waals surface area (Å²) in [6, 6.07) is 0.266. The molecule has 2 fully saturated rings. The van der Waals surface area contributed by atoms with Crippen LogP contribution in [0.2, 0.25) is 0 Å². The van der Waals surface area contributed by atoms with Gasteiger partial charge in [-0.05, 0) is 33.1 Å². The Morgan fingerprint density at radius 2 is 1.96 bits per heavy atom. The highest BCUT2D eigenvalue weighted by molar-refractivity contribution is 14.0. The summed E-state index contributed by atoms with van der Waals surface area (Å²) in [4.78, 5) is 19.0. The maximum atomic E-state index is 12.6. The smallest absolute Gasteiger partial charge is 0.225 e. The third kappa shape index (κ3) is 5.14. The fraction of sp³-hybridized carbons (Fsp3) is 0.737. The van der Waals surface area contributed by atoms with Crippen LogP contribution < -0.4 is 10.6 Å². The lowest BCUT2D eigenvalue weighted by atomic mass is 10.1. The van der Waals surface area contributed by atoms with Gasteiger partial charge in [-0.25, -0.2) is 0 Å². The summed E-state index contributed by atoms with van der Waals surface area (Å²) in [6.07, 6.45) is 5.52. The Labute approximate surface area is 179 Å². The van der Waals surface area contributed by atoms with Crippen LogP contribution in [0.4, 0.5) is 0 Å². The Morgan fingerprint density at radius 1 is 1.26 bits per heavy atom. The van der Waals surface area contributed by atoms with E-state index in [1.54, 1.807) is 7.05 Å². The second-order valence-corrected chi connectivity index (χ2v) is 7.59. The first kappa shape index (κ1) is 22.0. The number of nitrogens with zero attached hydrogens (tertiary/aromatic N) is 4. The number of guanidine groups is 1. The van der Waals surface area contributed by atoms with Crippen molar-refractivity contribution in [2.24, 2.45) is 18.0 Å². The largest absolute Gasteiger partial charge is 0.352 e. The van der Waals surface area contributed by atoms with Crippen molar-refractivity contribution in [3.8, 4) is 0 Å². The third-order valence-electron chi connectivity index (χ3n) is 5.86. The van der Waals surface area contributed by atoms with E-state index in [1.807, 2.05) is 23.6 Å². The third-order valence-corrected chi connectivity index (χ3v) is 5.86. The van der Waals surface area contributed by atoms with Gasteiger partial charge in [-0.2, -0.15) is 5.10 Å². The molecule has 1 aromatic rings. The number of hydrogen-bond acceptors (Lipinski definition) is 3. The molecule has 0 spiro atoms. The summed E-state index contributed by atoms with van der Waals surface area (Å²) in [6.45, 7) is 6.44. The molecular formula is C19H33IN6O. The Kier molecular flexibility index (Phi) is 7.93. The molecule has 2 N–H and O–H groups in total. The van der Waals surface area contributed by atoms with E-state index in [9.17, 15) is 4.79 Å². The Morgan fingerprint density at radius 3 is 2.56 bits per heavy atom. The van der Waals surface area contributed by atoms with Crippen molar-refractivity contribution in [1.29, 1.82) is 0 Å². The zero-order valence-corrected chi connectivity index (χ0v) is 19.2. The minimum atomic E-state index is 0. The van der Waals surface area contributed by atoms with Gasteiger partial charge in [0.05, 0.1) is 5.69 Å². The van der Waals surface area contributed by atoms with Crippen LogP contribution in [0.25, 0.3) is 0 Å². The van der Waals surface area contributed by atoms with Gasteiger partial charge < -0.3 is 15.5 Å². The van der Waals surface area contributed by atoms with Crippen LogP contribution in [0.3, 0.4) is 0 Å². The van der Waals surface area contributed by atoms with Crippen LogP contribution >= 0.6 is 24.0 Å². The van der Waals surface area contributed by atoms with Crippen molar-refractivity contribution in [1.82, 2.24) is 25.3 Å². The van der Waals surface area contributed by atoms with Crippen molar-refractivity contribution in [2.45, 2.75) is 58.5 Å². The standard InChI is InChI=1S/C19H32N6O.HI/c1-13-17(14(2)24(4)23-13)11-21-19(20-3)22-16-9-10-25(12-16)18(26)15-7-5-6-8-15;/h15-16H,5-12H2,1-4H3,(H2,20,21,22);1H. The van der Waals surface area contributed by atoms with Crippen LogP contribution in [0.5, 0.6) is 0 Å². The normalized spacial score (nSPS) is 20.7. The van der Waals surface area contributed by atoms with Crippen LogP contribution in [-0.4, -0.2) is 52.7 Å². The van der Waals surface area contributed by atoms with Gasteiger partial charge in [0, 0.05) is 56.9 Å². The Hall–Kier alpha value is -1.32. The molecule has 0 bridgehead atoms. The number of likely N-dealkylation sites (tertiary alicyclic amines) is 1. The molecule has 1 saturated carbocycles. The molecule has 1 aliphatic heterocycles. The van der Waals surface area contributed by atoms with Crippen molar-refractivity contribution in [2.75, 3.05) is 20.1 Å². The van der Waals surface area contributed by atoms with Gasteiger partial charge >= 0.3 is 0 Å². The van der Waals surface area contributed by atoms with E-state index in [4.69, 9.17) is 0 Å². The summed E-state index contributed by atoms with van der Waals surface area (Å²) in [5.74, 6) is 1.41. The number of aromatic nitrogens is 2. The van der Waals surface area contributed by atoms with Crippen LogP contribution in [0, 0.1) is 19.8 Å². The summed E-state index contributed by atoms with van der Waals surface area (Å²) in [7, 11) is 3.75. The lowest BCUT2D eigenvalue weighted by Gasteiger charge is -2.21. The van der Waals surface area contributed by atoms with Gasteiger partial charge in [-0.15, -0.1) is 24.0 Å². The number of carbonyl (C=O) groups is 1. The van der Waals surface area contributed by atoms with E-state index in [0.717, 1.165) is 44.0 Å². The Bertz CT molecular complexity index is 680. The zero-order valence-electron chi connectivity index (χ0n) is 16.9. The van der Waals surface area contributed by atoms with Gasteiger partial charge in [0.1, 0.15) is 0 Å². The number of aryl methyl sites for hydroxylation is 2. The molecule has 2 aliphatic rings. The predicted molar refractivity (Wildman–Crippen MR) is 118 cm³/mol. The number of halogens is 1. The molecule has 3 rings (SSSR count). The molecule has 1 amide bonds. The molecule has 0 aromatic carbocycles. The molecule has 27 heavy (non-hydrogen) atoms. The minimum absolute atomic E-state index is 0. The minimum Gasteiger partial charge on any atom is -0.352 e. The second-order valence-electron chi connectivity index (χ2n) is 7.59. The number of carbonyl (C=O) groups excluding carboxylic acids is 1. The molecule has 2 heterocycles. The topological polar surface area (TPSA) is 74.6 Å².